The van der Waals surface area contributed by atoms with Crippen LogP contribution in [0.1, 0.15) is 31.9 Å². The zero-order valence-electron chi connectivity index (χ0n) is 21.0. The maximum atomic E-state index is 12.9. The first kappa shape index (κ1) is 24.3. The van der Waals surface area contributed by atoms with E-state index in [2.05, 4.69) is 16.0 Å². The molecule has 1 aromatic heterocycles. The van der Waals surface area contributed by atoms with E-state index in [1.165, 1.54) is 11.8 Å². The number of amides is 1. The summed E-state index contributed by atoms with van der Waals surface area (Å²) in [5.74, 6) is 0.639. The lowest BCUT2D eigenvalue weighted by Gasteiger charge is -2.35. The number of rotatable bonds is 5. The van der Waals surface area contributed by atoms with Gasteiger partial charge in [0.25, 0.3) is 5.91 Å². The molecular formula is C28H30N4O3S. The minimum Gasteiger partial charge on any atom is -0.494 e. The molecule has 0 radical (unpaired) electrons. The zero-order chi connectivity index (χ0) is 25.2. The van der Waals surface area contributed by atoms with E-state index in [0.717, 1.165) is 52.1 Å². The number of thioether (sulfide) groups is 1. The molecule has 0 N–H and O–H groups in total. The molecule has 2 aromatic carbocycles. The number of carbonyl (C=O) groups is 1. The molecular weight excluding hydrogens is 472 g/mol. The van der Waals surface area contributed by atoms with E-state index >= 15 is 0 Å². The van der Waals surface area contributed by atoms with Crippen LogP contribution in [0.3, 0.4) is 0 Å². The molecule has 8 heteroatoms. The van der Waals surface area contributed by atoms with Gasteiger partial charge in [-0.1, -0.05) is 18.2 Å². The Bertz CT molecular complexity index is 1320. The van der Waals surface area contributed by atoms with Crippen molar-refractivity contribution in [2.75, 3.05) is 19.7 Å². The maximum absolute atomic E-state index is 12.9. The SMILES string of the molecule is CCOc1ccc(-c2nn(-c3ccccc3)cc2/C=C2\SC(N3C[C@H](C)O[C@@H](C)C3)=NC2=O)cc1C. The Morgan fingerprint density at radius 2 is 1.89 bits per heavy atom. The van der Waals surface area contributed by atoms with Crippen LogP contribution in [0.25, 0.3) is 23.0 Å². The number of amidine groups is 1. The van der Waals surface area contributed by atoms with E-state index in [1.807, 2.05) is 87.1 Å². The van der Waals surface area contributed by atoms with Crippen LogP contribution < -0.4 is 4.74 Å². The van der Waals surface area contributed by atoms with Crippen LogP contribution in [0.15, 0.2) is 64.6 Å². The van der Waals surface area contributed by atoms with Gasteiger partial charge in [-0.2, -0.15) is 10.1 Å². The largest absolute Gasteiger partial charge is 0.494 e. The second-order valence-electron chi connectivity index (χ2n) is 9.10. The van der Waals surface area contributed by atoms with Gasteiger partial charge in [0.2, 0.25) is 0 Å². The lowest BCUT2D eigenvalue weighted by molar-refractivity contribution is -0.113. The zero-order valence-corrected chi connectivity index (χ0v) is 21.8. The summed E-state index contributed by atoms with van der Waals surface area (Å²) in [7, 11) is 0. The molecule has 0 aliphatic carbocycles. The minimum atomic E-state index is -0.219. The molecule has 0 spiro atoms. The highest BCUT2D eigenvalue weighted by Gasteiger charge is 2.31. The van der Waals surface area contributed by atoms with Gasteiger partial charge in [0.15, 0.2) is 5.17 Å². The van der Waals surface area contributed by atoms with Crippen molar-refractivity contribution < 1.29 is 14.3 Å². The maximum Gasteiger partial charge on any atom is 0.286 e. The molecule has 186 valence electrons. The van der Waals surface area contributed by atoms with Crippen LogP contribution in [0, 0.1) is 6.92 Å². The number of ether oxygens (including phenoxy) is 2. The fourth-order valence-electron chi connectivity index (χ4n) is 4.55. The van der Waals surface area contributed by atoms with Gasteiger partial charge < -0.3 is 14.4 Å². The monoisotopic (exact) mass is 502 g/mol. The summed E-state index contributed by atoms with van der Waals surface area (Å²) in [5, 5.41) is 5.65. The standard InChI is InChI=1S/C28H30N4O3S/c1-5-34-24-12-11-21(13-18(24)2)26-22(17-32(30-26)23-9-7-6-8-10-23)14-25-27(33)29-28(36-25)31-15-19(3)35-20(4)16-31/h6-14,17,19-20H,5,15-16H2,1-4H3/b25-14-/t19-,20-/m0/s1. The fourth-order valence-corrected chi connectivity index (χ4v) is 5.48. The first-order valence-corrected chi connectivity index (χ1v) is 13.0. The molecule has 0 unspecified atom stereocenters. The lowest BCUT2D eigenvalue weighted by atomic mass is 10.0. The normalized spacial score (nSPS) is 21.2. The van der Waals surface area contributed by atoms with Gasteiger partial charge in [-0.05, 0) is 81.4 Å². The fraction of sp³-hybridized carbons (Fsp3) is 0.321. The van der Waals surface area contributed by atoms with Crippen LogP contribution in [-0.4, -0.2) is 57.7 Å². The quantitative estimate of drug-likeness (QED) is 0.440. The van der Waals surface area contributed by atoms with Crippen molar-refractivity contribution in [3.8, 4) is 22.7 Å². The van der Waals surface area contributed by atoms with Crippen LogP contribution >= 0.6 is 11.8 Å². The van der Waals surface area contributed by atoms with Crippen LogP contribution in [0.5, 0.6) is 5.75 Å². The Morgan fingerprint density at radius 3 is 2.58 bits per heavy atom. The van der Waals surface area contributed by atoms with Gasteiger partial charge in [-0.15, -0.1) is 0 Å². The van der Waals surface area contributed by atoms with Crippen LogP contribution in [0.2, 0.25) is 0 Å². The van der Waals surface area contributed by atoms with E-state index in [-0.39, 0.29) is 18.1 Å². The number of aromatic nitrogens is 2. The molecule has 3 heterocycles. The molecule has 2 aliphatic rings. The number of aryl methyl sites for hydroxylation is 1. The molecule has 1 fully saturated rings. The van der Waals surface area contributed by atoms with Gasteiger partial charge in [-0.25, -0.2) is 4.68 Å². The molecule has 2 aliphatic heterocycles. The van der Waals surface area contributed by atoms with Gasteiger partial charge >= 0.3 is 0 Å². The highest BCUT2D eigenvalue weighted by atomic mass is 32.2. The first-order chi connectivity index (χ1) is 17.4. The molecule has 0 bridgehead atoms. The van der Waals surface area contributed by atoms with Crippen molar-refractivity contribution in [1.82, 2.24) is 14.7 Å². The topological polar surface area (TPSA) is 68.9 Å². The minimum absolute atomic E-state index is 0.0961. The Hall–Kier alpha value is -3.36. The second-order valence-corrected chi connectivity index (χ2v) is 10.1. The average molecular weight is 503 g/mol. The molecule has 36 heavy (non-hydrogen) atoms. The summed E-state index contributed by atoms with van der Waals surface area (Å²) in [6, 6.07) is 16.0. The highest BCUT2D eigenvalue weighted by Crippen LogP contribution is 2.35. The number of nitrogens with zero attached hydrogens (tertiary/aromatic N) is 4. The Balaban J connectivity index is 1.50. The summed E-state index contributed by atoms with van der Waals surface area (Å²) < 4.78 is 13.4. The number of carbonyl (C=O) groups excluding carboxylic acids is 1. The number of para-hydroxylation sites is 1. The number of hydrogen-bond acceptors (Lipinski definition) is 6. The van der Waals surface area contributed by atoms with Gasteiger partial charge in [-0.3, -0.25) is 4.79 Å². The molecule has 3 aromatic rings. The van der Waals surface area contributed by atoms with Gasteiger partial charge in [0, 0.05) is 30.4 Å². The summed E-state index contributed by atoms with van der Waals surface area (Å²) in [6.45, 7) is 10.2. The third-order valence-electron chi connectivity index (χ3n) is 6.10. The van der Waals surface area contributed by atoms with E-state index in [9.17, 15) is 4.79 Å². The average Bonchev–Trinajstić information content (AvgIpc) is 3.44. The summed E-state index contributed by atoms with van der Waals surface area (Å²) in [6.07, 6.45) is 4.07. The third kappa shape index (κ3) is 5.10. The summed E-state index contributed by atoms with van der Waals surface area (Å²) >= 11 is 1.42. The van der Waals surface area contributed by atoms with Crippen molar-refractivity contribution in [2.24, 2.45) is 4.99 Å². The Kier molecular flexibility index (Phi) is 6.98. The van der Waals surface area contributed by atoms with Crippen molar-refractivity contribution in [2.45, 2.75) is 39.9 Å². The van der Waals surface area contributed by atoms with E-state index in [4.69, 9.17) is 14.6 Å². The van der Waals surface area contributed by atoms with Crippen molar-refractivity contribution >= 4 is 28.9 Å². The van der Waals surface area contributed by atoms with E-state index in [1.54, 1.807) is 0 Å². The van der Waals surface area contributed by atoms with E-state index in [0.29, 0.717) is 11.5 Å². The van der Waals surface area contributed by atoms with Gasteiger partial charge in [0.1, 0.15) is 11.4 Å². The van der Waals surface area contributed by atoms with Crippen molar-refractivity contribution in [3.63, 3.8) is 0 Å². The molecule has 0 saturated carbocycles. The van der Waals surface area contributed by atoms with E-state index < -0.39 is 0 Å². The summed E-state index contributed by atoms with van der Waals surface area (Å²) in [5.41, 5.74) is 4.61. The molecule has 7 nitrogen and oxygen atoms in total. The molecule has 1 amide bonds. The van der Waals surface area contributed by atoms with Gasteiger partial charge in [0.05, 0.1) is 29.4 Å². The Labute approximate surface area is 215 Å². The highest BCUT2D eigenvalue weighted by molar-refractivity contribution is 8.18. The van der Waals surface area contributed by atoms with Crippen molar-refractivity contribution in [3.05, 3.63) is 70.8 Å². The molecule has 1 saturated heterocycles. The second kappa shape index (κ2) is 10.3. The number of benzene rings is 2. The predicted octanol–water partition coefficient (Wildman–Crippen LogP) is 5.33. The smallest absolute Gasteiger partial charge is 0.286 e. The van der Waals surface area contributed by atoms with Crippen LogP contribution in [-0.2, 0) is 9.53 Å². The Morgan fingerprint density at radius 1 is 1.14 bits per heavy atom. The number of aliphatic imine (C=N–C) groups is 1. The predicted molar refractivity (Wildman–Crippen MR) is 144 cm³/mol. The van der Waals surface area contributed by atoms with Crippen LogP contribution in [0.4, 0.5) is 0 Å². The molecule has 2 atom stereocenters. The summed E-state index contributed by atoms with van der Waals surface area (Å²) in [4.78, 5) is 20.0. The lowest BCUT2D eigenvalue weighted by Crippen LogP contribution is -2.47. The third-order valence-corrected chi connectivity index (χ3v) is 7.14. The first-order valence-electron chi connectivity index (χ1n) is 12.2. The number of morpholine rings is 1. The molecule has 5 rings (SSSR count). The number of hydrogen-bond donors (Lipinski definition) is 0. The van der Waals surface area contributed by atoms with Crippen molar-refractivity contribution in [1.29, 1.82) is 0 Å².